The van der Waals surface area contributed by atoms with Crippen LogP contribution in [0.4, 0.5) is 0 Å². The van der Waals surface area contributed by atoms with Gasteiger partial charge in [0.25, 0.3) is 0 Å². The van der Waals surface area contributed by atoms with Crippen LogP contribution in [0.3, 0.4) is 0 Å². The van der Waals surface area contributed by atoms with Crippen LogP contribution >= 0.6 is 15.9 Å². The number of fused-ring (bicyclic) bond motifs is 2. The molecule has 2 bridgehead atoms. The average molecular weight is 321 g/mol. The lowest BCUT2D eigenvalue weighted by molar-refractivity contribution is -0.117. The summed E-state index contributed by atoms with van der Waals surface area (Å²) in [6, 6.07) is 6.07. The molecule has 2 atom stereocenters. The highest BCUT2D eigenvalue weighted by Crippen LogP contribution is 2.46. The first-order valence-electron chi connectivity index (χ1n) is 6.70. The fraction of sp³-hybridized carbons (Fsp3) is 0.438. The summed E-state index contributed by atoms with van der Waals surface area (Å²) in [5, 5.41) is 0. The first kappa shape index (κ1) is 12.9. The molecule has 0 saturated heterocycles. The highest BCUT2D eigenvalue weighted by atomic mass is 79.9. The number of carbonyl (C=O) groups excluding carboxylic acids is 1. The molecule has 2 nitrogen and oxygen atoms in total. The van der Waals surface area contributed by atoms with Crippen LogP contribution in [-0.4, -0.2) is 12.9 Å². The number of Topliss-reactive ketones (excluding diaryl/α,β-unsaturated/α-hetero) is 1. The normalized spacial score (nSPS) is 25.9. The highest BCUT2D eigenvalue weighted by molar-refractivity contribution is 9.10. The molecule has 2 aliphatic carbocycles. The maximum absolute atomic E-state index is 12.6. The van der Waals surface area contributed by atoms with E-state index in [4.69, 9.17) is 4.74 Å². The summed E-state index contributed by atoms with van der Waals surface area (Å²) in [6.45, 7) is 2.05. The fourth-order valence-corrected chi connectivity index (χ4v) is 3.90. The van der Waals surface area contributed by atoms with Gasteiger partial charge in [-0.3, -0.25) is 4.79 Å². The number of methoxy groups -OCH3 is 1. The van der Waals surface area contributed by atoms with Crippen molar-refractivity contribution in [3.05, 3.63) is 39.6 Å². The van der Waals surface area contributed by atoms with Gasteiger partial charge in [0.05, 0.1) is 12.7 Å². The number of allylic oxidation sites excluding steroid dienone is 2. The number of hydrogen-bond acceptors (Lipinski definition) is 2. The maximum Gasteiger partial charge on any atom is 0.169 e. The molecule has 3 heteroatoms. The zero-order valence-electron chi connectivity index (χ0n) is 11.2. The van der Waals surface area contributed by atoms with E-state index in [2.05, 4.69) is 22.0 Å². The number of benzene rings is 1. The molecule has 19 heavy (non-hydrogen) atoms. The molecule has 3 rings (SSSR count). The van der Waals surface area contributed by atoms with E-state index in [9.17, 15) is 4.79 Å². The second kappa shape index (κ2) is 4.78. The molecule has 1 aromatic carbocycles. The molecule has 100 valence electrons. The van der Waals surface area contributed by atoms with Crippen LogP contribution in [0.1, 0.15) is 30.4 Å². The third-order valence-corrected chi connectivity index (χ3v) is 4.84. The van der Waals surface area contributed by atoms with Crippen molar-refractivity contribution >= 4 is 27.3 Å². The minimum absolute atomic E-state index is 0.210. The Morgan fingerprint density at radius 3 is 2.68 bits per heavy atom. The molecule has 1 aromatic rings. The van der Waals surface area contributed by atoms with Gasteiger partial charge in [0, 0.05) is 16.3 Å². The van der Waals surface area contributed by atoms with Crippen molar-refractivity contribution in [1.29, 1.82) is 0 Å². The number of ether oxygens (including phenoxy) is 1. The van der Waals surface area contributed by atoms with Gasteiger partial charge in [0.15, 0.2) is 5.78 Å². The third-order valence-electron chi connectivity index (χ3n) is 4.34. The first-order chi connectivity index (χ1) is 9.11. The lowest BCUT2D eigenvalue weighted by atomic mass is 9.82. The minimum atomic E-state index is 0.210. The lowest BCUT2D eigenvalue weighted by Gasteiger charge is -2.25. The van der Waals surface area contributed by atoms with Crippen molar-refractivity contribution in [2.75, 3.05) is 7.11 Å². The van der Waals surface area contributed by atoms with Crippen molar-refractivity contribution in [3.8, 4) is 0 Å². The molecule has 0 amide bonds. The van der Waals surface area contributed by atoms with E-state index < -0.39 is 0 Å². The lowest BCUT2D eigenvalue weighted by Crippen LogP contribution is -2.22. The van der Waals surface area contributed by atoms with Crippen molar-refractivity contribution in [2.45, 2.75) is 26.2 Å². The number of rotatable bonds is 2. The van der Waals surface area contributed by atoms with E-state index in [0.29, 0.717) is 5.92 Å². The Morgan fingerprint density at radius 2 is 2.00 bits per heavy atom. The van der Waals surface area contributed by atoms with Gasteiger partial charge in [-0.15, -0.1) is 0 Å². The number of hydrogen-bond donors (Lipinski definition) is 0. The molecule has 1 saturated carbocycles. The Morgan fingerprint density at radius 1 is 1.26 bits per heavy atom. The fourth-order valence-electron chi connectivity index (χ4n) is 3.43. The molecule has 0 heterocycles. The van der Waals surface area contributed by atoms with Crippen LogP contribution < -0.4 is 0 Å². The van der Waals surface area contributed by atoms with Crippen LogP contribution in [0.15, 0.2) is 28.4 Å². The molecular formula is C16H17BrO2. The predicted molar refractivity (Wildman–Crippen MR) is 78.6 cm³/mol. The number of carbonyl (C=O) groups is 1. The van der Waals surface area contributed by atoms with Crippen LogP contribution in [0.25, 0.3) is 5.57 Å². The van der Waals surface area contributed by atoms with E-state index >= 15 is 0 Å². The van der Waals surface area contributed by atoms with Gasteiger partial charge in [-0.05, 0) is 49.4 Å². The Hall–Kier alpha value is -1.09. The van der Waals surface area contributed by atoms with Gasteiger partial charge in [0.1, 0.15) is 5.76 Å². The predicted octanol–water partition coefficient (Wildman–Crippen LogP) is 4.11. The highest BCUT2D eigenvalue weighted by Gasteiger charge is 2.42. The summed E-state index contributed by atoms with van der Waals surface area (Å²) in [7, 11) is 1.69. The molecule has 1 fully saturated rings. The summed E-state index contributed by atoms with van der Waals surface area (Å²) < 4.78 is 6.63. The SMILES string of the molecule is COC1=C(c2ccc(Br)cc2C)C(=O)C2CCC1C2. The quantitative estimate of drug-likeness (QED) is 0.819. The van der Waals surface area contributed by atoms with E-state index in [1.165, 1.54) is 0 Å². The Kier molecular flexibility index (Phi) is 3.25. The van der Waals surface area contributed by atoms with Crippen molar-refractivity contribution < 1.29 is 9.53 Å². The van der Waals surface area contributed by atoms with Crippen LogP contribution in [0.2, 0.25) is 0 Å². The summed E-state index contributed by atoms with van der Waals surface area (Å²) in [6.07, 6.45) is 3.06. The van der Waals surface area contributed by atoms with Gasteiger partial charge in [0.2, 0.25) is 0 Å². The molecule has 2 unspecified atom stereocenters. The van der Waals surface area contributed by atoms with E-state index in [1.54, 1.807) is 7.11 Å². The number of halogens is 1. The second-order valence-electron chi connectivity index (χ2n) is 5.47. The topological polar surface area (TPSA) is 26.3 Å². The third kappa shape index (κ3) is 2.04. The number of aryl methyl sites for hydroxylation is 1. The Labute approximate surface area is 122 Å². The molecule has 0 spiro atoms. The molecule has 0 aromatic heterocycles. The zero-order valence-corrected chi connectivity index (χ0v) is 12.8. The van der Waals surface area contributed by atoms with Crippen LogP contribution in [0, 0.1) is 18.8 Å². The van der Waals surface area contributed by atoms with E-state index in [0.717, 1.165) is 46.2 Å². The Bertz CT molecular complexity index is 574. The largest absolute Gasteiger partial charge is 0.500 e. The smallest absolute Gasteiger partial charge is 0.169 e. The molecule has 0 aliphatic heterocycles. The van der Waals surface area contributed by atoms with E-state index in [-0.39, 0.29) is 11.7 Å². The monoisotopic (exact) mass is 320 g/mol. The van der Waals surface area contributed by atoms with Gasteiger partial charge in [-0.25, -0.2) is 0 Å². The Balaban J connectivity index is 2.17. The zero-order chi connectivity index (χ0) is 13.6. The van der Waals surface area contributed by atoms with Gasteiger partial charge < -0.3 is 4.74 Å². The average Bonchev–Trinajstić information content (AvgIpc) is 2.81. The maximum atomic E-state index is 12.6. The molecule has 2 aliphatic rings. The summed E-state index contributed by atoms with van der Waals surface area (Å²) in [4.78, 5) is 12.6. The van der Waals surface area contributed by atoms with Crippen molar-refractivity contribution in [2.24, 2.45) is 11.8 Å². The first-order valence-corrected chi connectivity index (χ1v) is 7.50. The van der Waals surface area contributed by atoms with Crippen molar-refractivity contribution in [1.82, 2.24) is 0 Å². The van der Waals surface area contributed by atoms with Crippen LogP contribution in [0.5, 0.6) is 0 Å². The van der Waals surface area contributed by atoms with Gasteiger partial charge in [-0.1, -0.05) is 22.0 Å². The van der Waals surface area contributed by atoms with Gasteiger partial charge >= 0.3 is 0 Å². The number of ketones is 1. The standard InChI is InChI=1S/C16H17BrO2/c1-9-7-12(17)5-6-13(9)14-15(18)10-3-4-11(8-10)16(14)19-2/h5-7,10-11H,3-4,8H2,1-2H3. The molecule has 0 N–H and O–H groups in total. The van der Waals surface area contributed by atoms with Gasteiger partial charge in [-0.2, -0.15) is 0 Å². The minimum Gasteiger partial charge on any atom is -0.500 e. The summed E-state index contributed by atoms with van der Waals surface area (Å²) in [5.41, 5.74) is 2.97. The van der Waals surface area contributed by atoms with Crippen LogP contribution in [-0.2, 0) is 9.53 Å². The summed E-state index contributed by atoms with van der Waals surface area (Å²) in [5.74, 6) is 1.83. The second-order valence-corrected chi connectivity index (χ2v) is 6.39. The van der Waals surface area contributed by atoms with Crippen molar-refractivity contribution in [3.63, 3.8) is 0 Å². The summed E-state index contributed by atoms with van der Waals surface area (Å²) >= 11 is 3.47. The molecular weight excluding hydrogens is 304 g/mol. The van der Waals surface area contributed by atoms with E-state index in [1.807, 2.05) is 19.1 Å². The molecule has 0 radical (unpaired) electrons.